The number of hydrogen-bond acceptors (Lipinski definition) is 3. The third-order valence-electron chi connectivity index (χ3n) is 3.54. The number of nitrogens with zero attached hydrogens (tertiary/aromatic N) is 3. The van der Waals surface area contributed by atoms with Crippen LogP contribution in [0.2, 0.25) is 0 Å². The van der Waals surface area contributed by atoms with Crippen molar-refractivity contribution in [1.29, 1.82) is 0 Å². The van der Waals surface area contributed by atoms with E-state index >= 15 is 0 Å². The highest BCUT2D eigenvalue weighted by Crippen LogP contribution is 2.30. The summed E-state index contributed by atoms with van der Waals surface area (Å²) < 4.78 is 2.01. The van der Waals surface area contributed by atoms with Gasteiger partial charge in [-0.15, -0.1) is 0 Å². The second-order valence-corrected chi connectivity index (χ2v) is 5.75. The first-order valence-electron chi connectivity index (χ1n) is 6.77. The topological polar surface area (TPSA) is 56.7 Å². The molecule has 1 aromatic rings. The Morgan fingerprint density at radius 2 is 2.24 bits per heavy atom. The Bertz CT molecular complexity index is 341. The van der Waals surface area contributed by atoms with Crippen molar-refractivity contribution in [3.05, 3.63) is 12.2 Å². The molecule has 1 saturated carbocycles. The van der Waals surface area contributed by atoms with Gasteiger partial charge < -0.3 is 5.73 Å². The van der Waals surface area contributed by atoms with E-state index in [-0.39, 0.29) is 6.04 Å². The third kappa shape index (κ3) is 3.53. The molecule has 1 unspecified atom stereocenters. The highest BCUT2D eigenvalue weighted by molar-refractivity contribution is 4.90. The van der Waals surface area contributed by atoms with Crippen LogP contribution in [0, 0.1) is 11.8 Å². The molecule has 0 aliphatic heterocycles. The molecule has 1 aromatic heterocycles. The van der Waals surface area contributed by atoms with E-state index in [9.17, 15) is 0 Å². The van der Waals surface area contributed by atoms with Crippen LogP contribution in [-0.4, -0.2) is 20.8 Å². The van der Waals surface area contributed by atoms with E-state index in [1.165, 1.54) is 19.3 Å². The van der Waals surface area contributed by atoms with Gasteiger partial charge in [-0.05, 0) is 18.3 Å². The smallest absolute Gasteiger partial charge is 0.138 e. The molecule has 17 heavy (non-hydrogen) atoms. The van der Waals surface area contributed by atoms with Gasteiger partial charge in [0.15, 0.2) is 0 Å². The first-order chi connectivity index (χ1) is 8.15. The maximum atomic E-state index is 6.19. The maximum absolute atomic E-state index is 6.19. The molecule has 0 amide bonds. The minimum absolute atomic E-state index is 0.246. The van der Waals surface area contributed by atoms with Crippen molar-refractivity contribution in [2.24, 2.45) is 17.6 Å². The monoisotopic (exact) mass is 236 g/mol. The van der Waals surface area contributed by atoms with Crippen LogP contribution in [0.15, 0.2) is 6.33 Å². The molecule has 96 valence electrons. The van der Waals surface area contributed by atoms with Crippen LogP contribution in [0.4, 0.5) is 0 Å². The van der Waals surface area contributed by atoms with E-state index in [2.05, 4.69) is 23.9 Å². The zero-order valence-electron chi connectivity index (χ0n) is 11.0. The molecule has 1 aliphatic rings. The van der Waals surface area contributed by atoms with Gasteiger partial charge in [-0.1, -0.05) is 33.1 Å². The molecule has 0 radical (unpaired) electrons. The van der Waals surface area contributed by atoms with Gasteiger partial charge in [0, 0.05) is 19.0 Å². The van der Waals surface area contributed by atoms with Crippen LogP contribution >= 0.6 is 0 Å². The van der Waals surface area contributed by atoms with Crippen molar-refractivity contribution in [2.75, 3.05) is 0 Å². The Balaban J connectivity index is 1.86. The average Bonchev–Trinajstić information content (AvgIpc) is 2.59. The van der Waals surface area contributed by atoms with E-state index < -0.39 is 0 Å². The lowest BCUT2D eigenvalue weighted by atomic mass is 9.80. The van der Waals surface area contributed by atoms with Crippen molar-refractivity contribution in [3.63, 3.8) is 0 Å². The first-order valence-corrected chi connectivity index (χ1v) is 6.77. The van der Waals surface area contributed by atoms with Crippen LogP contribution in [0.25, 0.3) is 0 Å². The van der Waals surface area contributed by atoms with Crippen molar-refractivity contribution >= 4 is 0 Å². The molecule has 0 bridgehead atoms. The lowest BCUT2D eigenvalue weighted by Crippen LogP contribution is -2.30. The highest BCUT2D eigenvalue weighted by Gasteiger charge is 2.21. The highest BCUT2D eigenvalue weighted by atomic mass is 15.3. The van der Waals surface area contributed by atoms with Crippen molar-refractivity contribution in [3.8, 4) is 0 Å². The molecule has 4 heteroatoms. The van der Waals surface area contributed by atoms with E-state index in [0.29, 0.717) is 5.92 Å². The standard InChI is InChI=1S/C13H24N4/c1-10(2)8-17-13(15-9-16-17)7-12(14)6-11-4-3-5-11/h9-12H,3-8,14H2,1-2H3. The summed E-state index contributed by atoms with van der Waals surface area (Å²) in [6, 6.07) is 0.246. The minimum Gasteiger partial charge on any atom is -0.327 e. The predicted octanol–water partition coefficient (Wildman–Crippen LogP) is 1.99. The maximum Gasteiger partial charge on any atom is 0.138 e. The summed E-state index contributed by atoms with van der Waals surface area (Å²) in [4.78, 5) is 4.33. The second-order valence-electron chi connectivity index (χ2n) is 5.75. The predicted molar refractivity (Wildman–Crippen MR) is 68.5 cm³/mol. The third-order valence-corrected chi connectivity index (χ3v) is 3.54. The number of hydrogen-bond donors (Lipinski definition) is 1. The van der Waals surface area contributed by atoms with E-state index in [0.717, 1.165) is 31.1 Å². The van der Waals surface area contributed by atoms with E-state index in [1.807, 2.05) is 4.68 Å². The fraction of sp³-hybridized carbons (Fsp3) is 0.846. The molecule has 0 aromatic carbocycles. The summed E-state index contributed by atoms with van der Waals surface area (Å²) in [6.07, 6.45) is 7.78. The summed E-state index contributed by atoms with van der Waals surface area (Å²) in [7, 11) is 0. The van der Waals surface area contributed by atoms with Crippen LogP contribution < -0.4 is 5.73 Å². The summed E-state index contributed by atoms with van der Waals surface area (Å²) >= 11 is 0. The normalized spacial score (nSPS) is 18.4. The Kier molecular flexibility index (Phi) is 4.15. The molecule has 1 heterocycles. The van der Waals surface area contributed by atoms with Gasteiger partial charge >= 0.3 is 0 Å². The fourth-order valence-electron chi connectivity index (χ4n) is 2.42. The van der Waals surface area contributed by atoms with Gasteiger partial charge in [0.25, 0.3) is 0 Å². The molecule has 2 N–H and O–H groups in total. The molecular weight excluding hydrogens is 212 g/mol. The van der Waals surface area contributed by atoms with Gasteiger partial charge in [0.05, 0.1) is 0 Å². The van der Waals surface area contributed by atoms with Gasteiger partial charge in [0.1, 0.15) is 12.2 Å². The van der Waals surface area contributed by atoms with Gasteiger partial charge in [-0.2, -0.15) is 5.10 Å². The molecule has 4 nitrogen and oxygen atoms in total. The van der Waals surface area contributed by atoms with Crippen LogP contribution in [0.5, 0.6) is 0 Å². The Morgan fingerprint density at radius 1 is 1.47 bits per heavy atom. The quantitative estimate of drug-likeness (QED) is 0.822. The average molecular weight is 236 g/mol. The molecule has 1 fully saturated rings. The van der Waals surface area contributed by atoms with E-state index in [4.69, 9.17) is 5.73 Å². The summed E-state index contributed by atoms with van der Waals surface area (Å²) in [6.45, 7) is 5.32. The zero-order valence-corrected chi connectivity index (χ0v) is 11.0. The molecular formula is C13H24N4. The van der Waals surface area contributed by atoms with Crippen LogP contribution in [-0.2, 0) is 13.0 Å². The summed E-state index contributed by atoms with van der Waals surface area (Å²) in [5.74, 6) is 2.51. The van der Waals surface area contributed by atoms with Crippen molar-refractivity contribution in [2.45, 2.75) is 58.5 Å². The Hall–Kier alpha value is -0.900. The number of aromatic nitrogens is 3. The lowest BCUT2D eigenvalue weighted by molar-refractivity contribution is 0.273. The zero-order chi connectivity index (χ0) is 12.3. The summed E-state index contributed by atoms with van der Waals surface area (Å²) in [5, 5.41) is 4.27. The lowest BCUT2D eigenvalue weighted by Gasteiger charge is -2.27. The Labute approximate surface area is 104 Å². The van der Waals surface area contributed by atoms with Crippen molar-refractivity contribution < 1.29 is 0 Å². The van der Waals surface area contributed by atoms with Crippen molar-refractivity contribution in [1.82, 2.24) is 14.8 Å². The second kappa shape index (κ2) is 5.63. The molecule has 0 saturated heterocycles. The van der Waals surface area contributed by atoms with Gasteiger partial charge in [-0.3, -0.25) is 0 Å². The Morgan fingerprint density at radius 3 is 2.82 bits per heavy atom. The van der Waals surface area contributed by atoms with E-state index in [1.54, 1.807) is 6.33 Å². The SMILES string of the molecule is CC(C)Cn1ncnc1CC(N)CC1CCC1. The molecule has 1 atom stereocenters. The minimum atomic E-state index is 0.246. The molecule has 2 rings (SSSR count). The van der Waals surface area contributed by atoms with Gasteiger partial charge in [0.2, 0.25) is 0 Å². The molecule has 1 aliphatic carbocycles. The first kappa shape index (κ1) is 12.6. The number of nitrogens with two attached hydrogens (primary N) is 1. The van der Waals surface area contributed by atoms with Crippen LogP contribution in [0.3, 0.4) is 0 Å². The largest absolute Gasteiger partial charge is 0.327 e. The number of rotatable bonds is 6. The van der Waals surface area contributed by atoms with Crippen LogP contribution in [0.1, 0.15) is 45.4 Å². The molecule has 0 spiro atoms. The van der Waals surface area contributed by atoms with Gasteiger partial charge in [-0.25, -0.2) is 9.67 Å². The fourth-order valence-corrected chi connectivity index (χ4v) is 2.42. The summed E-state index contributed by atoms with van der Waals surface area (Å²) in [5.41, 5.74) is 6.19.